The topological polar surface area (TPSA) is 60.2 Å². The van der Waals surface area contributed by atoms with Crippen molar-refractivity contribution in [3.05, 3.63) is 35.9 Å². The summed E-state index contributed by atoms with van der Waals surface area (Å²) in [6.07, 6.45) is 0. The van der Waals surface area contributed by atoms with E-state index in [9.17, 15) is 8.42 Å². The van der Waals surface area contributed by atoms with Crippen molar-refractivity contribution >= 4 is 10.0 Å². The average Bonchev–Trinajstić information content (AvgIpc) is 2.03. The molecule has 0 radical (unpaired) electrons. The Labute approximate surface area is 78.6 Å². The van der Waals surface area contributed by atoms with Crippen LogP contribution < -0.4 is 5.14 Å². The molecular formula is C9H13NO2S. The van der Waals surface area contributed by atoms with Crippen LogP contribution >= 0.6 is 0 Å². The van der Waals surface area contributed by atoms with E-state index in [4.69, 9.17) is 5.14 Å². The summed E-state index contributed by atoms with van der Waals surface area (Å²) in [7, 11) is -3.37. The molecule has 1 atom stereocenters. The molecule has 0 bridgehead atoms. The Kier molecular flexibility index (Phi) is 3.06. The van der Waals surface area contributed by atoms with Crippen molar-refractivity contribution < 1.29 is 8.42 Å². The molecule has 0 heterocycles. The van der Waals surface area contributed by atoms with E-state index in [0.29, 0.717) is 0 Å². The maximum atomic E-state index is 10.8. The third-order valence-electron chi connectivity index (χ3n) is 1.85. The van der Waals surface area contributed by atoms with Crippen molar-refractivity contribution in [1.29, 1.82) is 0 Å². The summed E-state index contributed by atoms with van der Waals surface area (Å²) in [6.45, 7) is 1.85. The van der Waals surface area contributed by atoms with Gasteiger partial charge in [0.25, 0.3) is 0 Å². The van der Waals surface area contributed by atoms with Crippen LogP contribution in [-0.4, -0.2) is 14.2 Å². The highest BCUT2D eigenvalue weighted by Gasteiger charge is 2.11. The largest absolute Gasteiger partial charge is 0.229 e. The maximum Gasteiger partial charge on any atom is 0.209 e. The molecule has 0 aliphatic rings. The second kappa shape index (κ2) is 3.89. The molecule has 4 heteroatoms. The molecule has 0 aliphatic heterocycles. The molecule has 0 unspecified atom stereocenters. The molecule has 0 aliphatic carbocycles. The minimum Gasteiger partial charge on any atom is -0.229 e. The summed E-state index contributed by atoms with van der Waals surface area (Å²) in [5.41, 5.74) is 0.997. The van der Waals surface area contributed by atoms with Gasteiger partial charge in [-0.15, -0.1) is 0 Å². The minimum absolute atomic E-state index is 0.00296. The lowest BCUT2D eigenvalue weighted by Crippen LogP contribution is -2.20. The van der Waals surface area contributed by atoms with Crippen molar-refractivity contribution in [2.75, 3.05) is 5.75 Å². The number of hydrogen-bond acceptors (Lipinski definition) is 2. The van der Waals surface area contributed by atoms with Crippen LogP contribution in [0.15, 0.2) is 30.3 Å². The minimum atomic E-state index is -3.37. The first-order valence-corrected chi connectivity index (χ1v) is 5.76. The van der Waals surface area contributed by atoms with Gasteiger partial charge >= 0.3 is 0 Å². The number of primary sulfonamides is 1. The Morgan fingerprint density at radius 1 is 1.31 bits per heavy atom. The molecule has 0 aromatic heterocycles. The fourth-order valence-electron chi connectivity index (χ4n) is 1.23. The van der Waals surface area contributed by atoms with Crippen LogP contribution in [0.2, 0.25) is 0 Å². The number of nitrogens with two attached hydrogens (primary N) is 1. The lowest BCUT2D eigenvalue weighted by Gasteiger charge is -2.09. The smallest absolute Gasteiger partial charge is 0.209 e. The molecule has 72 valence electrons. The van der Waals surface area contributed by atoms with Crippen molar-refractivity contribution in [2.45, 2.75) is 12.8 Å². The van der Waals surface area contributed by atoms with Gasteiger partial charge in [-0.25, -0.2) is 13.6 Å². The highest BCUT2D eigenvalue weighted by Crippen LogP contribution is 2.15. The molecule has 3 nitrogen and oxygen atoms in total. The predicted molar refractivity (Wildman–Crippen MR) is 52.8 cm³/mol. The molecule has 1 rings (SSSR count). The molecule has 13 heavy (non-hydrogen) atoms. The number of benzene rings is 1. The van der Waals surface area contributed by atoms with Crippen molar-refractivity contribution in [2.24, 2.45) is 5.14 Å². The van der Waals surface area contributed by atoms with Crippen LogP contribution in [0.4, 0.5) is 0 Å². The highest BCUT2D eigenvalue weighted by molar-refractivity contribution is 7.89. The van der Waals surface area contributed by atoms with Gasteiger partial charge in [0.1, 0.15) is 0 Å². The molecule has 1 aromatic carbocycles. The Balaban J connectivity index is 2.76. The van der Waals surface area contributed by atoms with Gasteiger partial charge in [0.2, 0.25) is 10.0 Å². The van der Waals surface area contributed by atoms with Gasteiger partial charge in [-0.05, 0) is 11.5 Å². The van der Waals surface area contributed by atoms with Gasteiger partial charge < -0.3 is 0 Å². The maximum absolute atomic E-state index is 10.8. The summed E-state index contributed by atoms with van der Waals surface area (Å²) in [4.78, 5) is 0. The zero-order valence-electron chi connectivity index (χ0n) is 7.47. The van der Waals surface area contributed by atoms with E-state index in [1.54, 1.807) is 0 Å². The van der Waals surface area contributed by atoms with E-state index in [-0.39, 0.29) is 11.7 Å². The molecule has 0 saturated carbocycles. The van der Waals surface area contributed by atoms with E-state index in [1.165, 1.54) is 0 Å². The molecule has 0 fully saturated rings. The van der Waals surface area contributed by atoms with Crippen LogP contribution in [0.3, 0.4) is 0 Å². The van der Waals surface area contributed by atoms with Gasteiger partial charge in [-0.3, -0.25) is 0 Å². The summed E-state index contributed by atoms with van der Waals surface area (Å²) in [5.74, 6) is -0.0481. The lowest BCUT2D eigenvalue weighted by molar-refractivity contribution is 0.592. The van der Waals surface area contributed by atoms with Gasteiger partial charge in [0.05, 0.1) is 5.75 Å². The van der Waals surface area contributed by atoms with Gasteiger partial charge in [0.15, 0.2) is 0 Å². The third kappa shape index (κ3) is 3.57. The first kappa shape index (κ1) is 10.2. The number of rotatable bonds is 3. The molecular weight excluding hydrogens is 186 g/mol. The first-order valence-electron chi connectivity index (χ1n) is 4.04. The molecule has 2 N–H and O–H groups in total. The van der Waals surface area contributed by atoms with Crippen LogP contribution in [0.5, 0.6) is 0 Å². The zero-order valence-corrected chi connectivity index (χ0v) is 8.29. The normalized spacial score (nSPS) is 14.0. The molecule has 0 amide bonds. The van der Waals surface area contributed by atoms with E-state index >= 15 is 0 Å². The van der Waals surface area contributed by atoms with Crippen LogP contribution in [0.1, 0.15) is 18.4 Å². The molecule has 0 saturated heterocycles. The highest BCUT2D eigenvalue weighted by atomic mass is 32.2. The Morgan fingerprint density at radius 2 is 1.85 bits per heavy atom. The fourth-order valence-corrected chi connectivity index (χ4v) is 2.12. The zero-order chi connectivity index (χ0) is 9.90. The average molecular weight is 199 g/mol. The van der Waals surface area contributed by atoms with Crippen LogP contribution in [-0.2, 0) is 10.0 Å². The van der Waals surface area contributed by atoms with Gasteiger partial charge in [0, 0.05) is 0 Å². The predicted octanol–water partition coefficient (Wildman–Crippen LogP) is 1.08. The summed E-state index contributed by atoms with van der Waals surface area (Å²) in [6, 6.07) is 9.46. The SMILES string of the molecule is C[C@H](CS(N)(=O)=O)c1ccccc1. The molecule has 0 spiro atoms. The Bertz CT molecular complexity index is 358. The van der Waals surface area contributed by atoms with Crippen LogP contribution in [0, 0.1) is 0 Å². The van der Waals surface area contributed by atoms with Crippen molar-refractivity contribution in [3.8, 4) is 0 Å². The first-order chi connectivity index (χ1) is 5.99. The second-order valence-electron chi connectivity index (χ2n) is 3.14. The fraction of sp³-hybridized carbons (Fsp3) is 0.333. The monoisotopic (exact) mass is 199 g/mol. The van der Waals surface area contributed by atoms with E-state index in [2.05, 4.69) is 0 Å². The third-order valence-corrected chi connectivity index (χ3v) is 2.82. The summed E-state index contributed by atoms with van der Waals surface area (Å²) in [5, 5.41) is 4.95. The lowest BCUT2D eigenvalue weighted by atomic mass is 10.0. The quantitative estimate of drug-likeness (QED) is 0.791. The van der Waals surface area contributed by atoms with Gasteiger partial charge in [-0.1, -0.05) is 37.3 Å². The Hall–Kier alpha value is -0.870. The standard InChI is InChI=1S/C9H13NO2S/c1-8(7-13(10,11)12)9-5-3-2-4-6-9/h2-6,8H,7H2,1H3,(H2,10,11,12)/t8-/m1/s1. The van der Waals surface area contributed by atoms with Gasteiger partial charge in [-0.2, -0.15) is 0 Å². The number of sulfonamides is 1. The second-order valence-corrected chi connectivity index (χ2v) is 4.80. The van der Waals surface area contributed by atoms with Crippen molar-refractivity contribution in [3.63, 3.8) is 0 Å². The van der Waals surface area contributed by atoms with E-state index in [1.807, 2.05) is 37.3 Å². The Morgan fingerprint density at radius 3 is 2.31 bits per heavy atom. The number of hydrogen-bond donors (Lipinski definition) is 1. The van der Waals surface area contributed by atoms with Crippen LogP contribution in [0.25, 0.3) is 0 Å². The molecule has 1 aromatic rings. The van der Waals surface area contributed by atoms with Crippen molar-refractivity contribution in [1.82, 2.24) is 0 Å². The summed E-state index contributed by atoms with van der Waals surface area (Å²) < 4.78 is 21.6. The summed E-state index contributed by atoms with van der Waals surface area (Å²) >= 11 is 0. The van der Waals surface area contributed by atoms with E-state index in [0.717, 1.165) is 5.56 Å². The van der Waals surface area contributed by atoms with E-state index < -0.39 is 10.0 Å².